The molecule has 1 aliphatic rings. The van der Waals surface area contributed by atoms with Crippen molar-refractivity contribution < 1.29 is 28.2 Å². The van der Waals surface area contributed by atoms with Crippen LogP contribution in [-0.2, 0) is 17.9 Å². The summed E-state index contributed by atoms with van der Waals surface area (Å²) in [5.41, 5.74) is 3.19. The van der Waals surface area contributed by atoms with E-state index in [1.54, 1.807) is 30.3 Å². The number of fused-ring (bicyclic) bond motifs is 1. The molecule has 0 aromatic heterocycles. The van der Waals surface area contributed by atoms with Crippen molar-refractivity contribution in [3.05, 3.63) is 88.5 Å². The Balaban J connectivity index is 1.82. The zero-order chi connectivity index (χ0) is 21.4. The summed E-state index contributed by atoms with van der Waals surface area (Å²) in [5, 5.41) is 9.35. The first-order valence-electron chi connectivity index (χ1n) is 9.15. The van der Waals surface area contributed by atoms with Gasteiger partial charge in [0.25, 0.3) is 5.91 Å². The van der Waals surface area contributed by atoms with E-state index >= 15 is 0 Å². The molecule has 30 heavy (non-hydrogen) atoms. The Labute approximate surface area is 171 Å². The fourth-order valence-electron chi connectivity index (χ4n) is 3.53. The van der Waals surface area contributed by atoms with Crippen molar-refractivity contribution >= 4 is 17.6 Å². The summed E-state index contributed by atoms with van der Waals surface area (Å²) in [6.45, 7) is 0.0324. The van der Waals surface area contributed by atoms with E-state index in [-0.39, 0.29) is 24.6 Å². The smallest absolute Gasteiger partial charge is 0.339 e. The van der Waals surface area contributed by atoms with Crippen LogP contribution in [0.5, 0.6) is 0 Å². The molecular formula is C23H17F2NO4. The lowest BCUT2D eigenvalue weighted by Gasteiger charge is -2.20. The molecule has 1 amide bonds. The number of benzene rings is 3. The molecule has 0 radical (unpaired) electrons. The highest BCUT2D eigenvalue weighted by Crippen LogP contribution is 2.35. The minimum atomic E-state index is -0.993. The van der Waals surface area contributed by atoms with Gasteiger partial charge in [-0.05, 0) is 52.6 Å². The SMILES string of the molecule is COC(=O)c1ccc(-c2ccc(F)c(F)c2)cc1N1Cc2ccc(CO)cc2C1=O. The van der Waals surface area contributed by atoms with Crippen LogP contribution in [-0.4, -0.2) is 24.1 Å². The molecular weight excluding hydrogens is 392 g/mol. The first-order chi connectivity index (χ1) is 14.4. The summed E-state index contributed by atoms with van der Waals surface area (Å²) >= 11 is 0. The largest absolute Gasteiger partial charge is 0.465 e. The molecule has 0 bridgehead atoms. The third-order valence-corrected chi connectivity index (χ3v) is 5.11. The van der Waals surface area contributed by atoms with E-state index in [2.05, 4.69) is 0 Å². The summed E-state index contributed by atoms with van der Waals surface area (Å²) in [4.78, 5) is 26.8. The number of nitrogens with zero attached hydrogens (tertiary/aromatic N) is 1. The number of methoxy groups -OCH3 is 1. The molecule has 5 nitrogen and oxygen atoms in total. The van der Waals surface area contributed by atoms with Crippen molar-refractivity contribution in [1.29, 1.82) is 0 Å². The number of aliphatic hydroxyl groups excluding tert-OH is 1. The Kier molecular flexibility index (Phi) is 5.05. The lowest BCUT2D eigenvalue weighted by molar-refractivity contribution is 0.0601. The molecule has 0 fully saturated rings. The normalized spacial score (nSPS) is 12.8. The van der Waals surface area contributed by atoms with Gasteiger partial charge in [-0.1, -0.05) is 24.3 Å². The van der Waals surface area contributed by atoms with Crippen LogP contribution in [0.4, 0.5) is 14.5 Å². The van der Waals surface area contributed by atoms with Crippen LogP contribution in [0.3, 0.4) is 0 Å². The average molecular weight is 409 g/mol. The van der Waals surface area contributed by atoms with Crippen LogP contribution in [0.2, 0.25) is 0 Å². The number of hydrogen-bond donors (Lipinski definition) is 1. The van der Waals surface area contributed by atoms with Crippen molar-refractivity contribution in [1.82, 2.24) is 0 Å². The molecule has 152 valence electrons. The van der Waals surface area contributed by atoms with E-state index in [1.807, 2.05) is 0 Å². The van der Waals surface area contributed by atoms with Crippen molar-refractivity contribution in [2.24, 2.45) is 0 Å². The number of amides is 1. The molecule has 0 aliphatic carbocycles. The molecule has 1 aliphatic heterocycles. The first kappa shape index (κ1) is 19.7. The number of hydrogen-bond acceptors (Lipinski definition) is 4. The van der Waals surface area contributed by atoms with Gasteiger partial charge in [0.2, 0.25) is 0 Å². The minimum Gasteiger partial charge on any atom is -0.465 e. The van der Waals surface area contributed by atoms with Gasteiger partial charge in [0.05, 0.1) is 31.5 Å². The molecule has 3 aromatic carbocycles. The second-order valence-corrected chi connectivity index (χ2v) is 6.89. The van der Waals surface area contributed by atoms with Gasteiger partial charge in [0.1, 0.15) is 0 Å². The molecule has 3 aromatic rings. The Morgan fingerprint density at radius 1 is 1.03 bits per heavy atom. The standard InChI is InChI=1S/C23H17F2NO4/c1-30-23(29)17-6-4-15(14-5-7-19(24)20(25)9-14)10-21(17)26-11-16-3-2-13(12-27)8-18(16)22(26)28/h2-10,27H,11-12H2,1H3. The predicted octanol–water partition coefficient (Wildman–Crippen LogP) is 4.07. The van der Waals surface area contributed by atoms with Crippen LogP contribution < -0.4 is 4.90 Å². The lowest BCUT2D eigenvalue weighted by Crippen LogP contribution is -2.25. The number of halogens is 2. The van der Waals surface area contributed by atoms with Gasteiger partial charge < -0.3 is 14.7 Å². The van der Waals surface area contributed by atoms with Gasteiger partial charge in [-0.15, -0.1) is 0 Å². The highest BCUT2D eigenvalue weighted by molar-refractivity contribution is 6.13. The number of rotatable bonds is 4. The van der Waals surface area contributed by atoms with Gasteiger partial charge >= 0.3 is 5.97 Å². The zero-order valence-electron chi connectivity index (χ0n) is 16.0. The van der Waals surface area contributed by atoms with Crippen LogP contribution in [0, 0.1) is 11.6 Å². The van der Waals surface area contributed by atoms with E-state index in [4.69, 9.17) is 4.74 Å². The highest BCUT2D eigenvalue weighted by atomic mass is 19.2. The second-order valence-electron chi connectivity index (χ2n) is 6.89. The third kappa shape index (κ3) is 3.33. The number of carbonyl (C=O) groups is 2. The maximum atomic E-state index is 13.7. The molecule has 0 atom stereocenters. The van der Waals surface area contributed by atoms with E-state index in [1.165, 1.54) is 24.1 Å². The van der Waals surface area contributed by atoms with Crippen LogP contribution in [0.25, 0.3) is 11.1 Å². The predicted molar refractivity (Wildman–Crippen MR) is 106 cm³/mol. The highest BCUT2D eigenvalue weighted by Gasteiger charge is 2.31. The summed E-state index contributed by atoms with van der Waals surface area (Å²) in [5.74, 6) is -2.91. The van der Waals surface area contributed by atoms with Gasteiger partial charge in [-0.25, -0.2) is 13.6 Å². The van der Waals surface area contributed by atoms with Crippen LogP contribution in [0.15, 0.2) is 54.6 Å². The molecule has 0 saturated carbocycles. The van der Waals surface area contributed by atoms with Crippen LogP contribution in [0.1, 0.15) is 31.8 Å². The lowest BCUT2D eigenvalue weighted by atomic mass is 10.0. The molecule has 7 heteroatoms. The summed E-state index contributed by atoms with van der Waals surface area (Å²) in [6, 6.07) is 13.3. The number of ether oxygens (including phenoxy) is 1. The Hall–Kier alpha value is -3.58. The molecule has 0 unspecified atom stereocenters. The molecule has 1 heterocycles. The van der Waals surface area contributed by atoms with E-state index in [0.717, 1.165) is 17.7 Å². The van der Waals surface area contributed by atoms with E-state index < -0.39 is 17.6 Å². The second kappa shape index (κ2) is 7.68. The first-order valence-corrected chi connectivity index (χ1v) is 9.15. The maximum Gasteiger partial charge on any atom is 0.339 e. The summed E-state index contributed by atoms with van der Waals surface area (Å²) in [7, 11) is 1.24. The van der Waals surface area contributed by atoms with Gasteiger partial charge in [-0.3, -0.25) is 4.79 Å². The van der Waals surface area contributed by atoms with Crippen molar-refractivity contribution in [2.75, 3.05) is 12.0 Å². The van der Waals surface area contributed by atoms with Crippen molar-refractivity contribution in [3.8, 4) is 11.1 Å². The van der Waals surface area contributed by atoms with Crippen molar-refractivity contribution in [2.45, 2.75) is 13.2 Å². The third-order valence-electron chi connectivity index (χ3n) is 5.11. The minimum absolute atomic E-state index is 0.173. The van der Waals surface area contributed by atoms with Gasteiger partial charge in [0.15, 0.2) is 11.6 Å². The summed E-state index contributed by atoms with van der Waals surface area (Å²) in [6.07, 6.45) is 0. The fourth-order valence-corrected chi connectivity index (χ4v) is 3.53. The number of aliphatic hydroxyl groups is 1. The number of anilines is 1. The molecule has 1 N–H and O–H groups in total. The number of carbonyl (C=O) groups excluding carboxylic acids is 2. The Morgan fingerprint density at radius 3 is 2.47 bits per heavy atom. The molecule has 4 rings (SSSR count). The topological polar surface area (TPSA) is 66.8 Å². The average Bonchev–Trinajstić information content (AvgIpc) is 3.10. The molecule has 0 saturated heterocycles. The monoisotopic (exact) mass is 409 g/mol. The van der Waals surface area contributed by atoms with Gasteiger partial charge in [-0.2, -0.15) is 0 Å². The van der Waals surface area contributed by atoms with Gasteiger partial charge in [0, 0.05) is 5.56 Å². The molecule has 0 spiro atoms. The van der Waals surface area contributed by atoms with E-state index in [0.29, 0.717) is 27.9 Å². The maximum absolute atomic E-state index is 13.7. The zero-order valence-corrected chi connectivity index (χ0v) is 16.0. The fraction of sp³-hybridized carbons (Fsp3) is 0.130. The van der Waals surface area contributed by atoms with Crippen LogP contribution >= 0.6 is 0 Å². The Morgan fingerprint density at radius 2 is 1.77 bits per heavy atom. The quantitative estimate of drug-likeness (QED) is 0.660. The Bertz CT molecular complexity index is 1180. The summed E-state index contributed by atoms with van der Waals surface area (Å²) < 4.78 is 31.9. The number of esters is 1. The van der Waals surface area contributed by atoms with Crippen molar-refractivity contribution in [3.63, 3.8) is 0 Å². The van der Waals surface area contributed by atoms with E-state index in [9.17, 15) is 23.5 Å².